The van der Waals surface area contributed by atoms with Gasteiger partial charge in [-0.1, -0.05) is 11.1 Å². The fraction of sp³-hybridized carbons (Fsp3) is 0.409. The highest BCUT2D eigenvalue weighted by atomic mass is 16.5. The second-order valence-corrected chi connectivity index (χ2v) is 7.41. The zero-order valence-electron chi connectivity index (χ0n) is 15.8. The number of phenolic OH excluding ortho intramolecular Hbond substituents is 1. The van der Waals surface area contributed by atoms with Gasteiger partial charge in [-0.15, -0.1) is 0 Å². The van der Waals surface area contributed by atoms with Crippen LogP contribution in [0.15, 0.2) is 41.5 Å². The van der Waals surface area contributed by atoms with Gasteiger partial charge < -0.3 is 9.84 Å². The maximum Gasteiger partial charge on any atom is 0.178 e. The lowest BCUT2D eigenvalue weighted by molar-refractivity contribution is -0.110. The number of rotatable bonds is 6. The highest BCUT2D eigenvalue weighted by Crippen LogP contribution is 2.39. The minimum absolute atomic E-state index is 0.0531. The minimum Gasteiger partial charge on any atom is -0.507 e. The minimum atomic E-state index is -0.391. The van der Waals surface area contributed by atoms with E-state index in [0.29, 0.717) is 0 Å². The van der Waals surface area contributed by atoms with E-state index in [1.54, 1.807) is 18.2 Å². The summed E-state index contributed by atoms with van der Waals surface area (Å²) in [5.74, 6) is 1.04. The zero-order chi connectivity index (χ0) is 18.6. The van der Waals surface area contributed by atoms with E-state index in [9.17, 15) is 9.90 Å². The number of aromatic hydroxyl groups is 1. The van der Waals surface area contributed by atoms with Gasteiger partial charge in [-0.05, 0) is 95.9 Å². The third-order valence-corrected chi connectivity index (χ3v) is 4.27. The van der Waals surface area contributed by atoms with Gasteiger partial charge in [0.2, 0.25) is 0 Å². The Kier molecular flexibility index (Phi) is 5.89. The molecule has 0 aromatic heterocycles. The smallest absolute Gasteiger partial charge is 0.178 e. The zero-order valence-corrected chi connectivity index (χ0v) is 15.8. The number of ketones is 1. The van der Waals surface area contributed by atoms with Crippen LogP contribution in [-0.2, 0) is 4.79 Å². The number of allylic oxidation sites excluding steroid dienone is 4. The lowest BCUT2D eigenvalue weighted by Gasteiger charge is -2.32. The van der Waals surface area contributed by atoms with Crippen molar-refractivity contribution in [2.75, 3.05) is 0 Å². The molecule has 0 saturated heterocycles. The summed E-state index contributed by atoms with van der Waals surface area (Å²) >= 11 is 0. The van der Waals surface area contributed by atoms with Crippen molar-refractivity contribution in [3.63, 3.8) is 0 Å². The van der Waals surface area contributed by atoms with Crippen molar-refractivity contribution in [3.05, 3.63) is 52.6 Å². The van der Waals surface area contributed by atoms with E-state index in [0.717, 1.165) is 47.3 Å². The van der Waals surface area contributed by atoms with Gasteiger partial charge in [-0.2, -0.15) is 0 Å². The van der Waals surface area contributed by atoms with Crippen LogP contribution in [0, 0.1) is 6.92 Å². The molecule has 3 heteroatoms. The van der Waals surface area contributed by atoms with Crippen LogP contribution >= 0.6 is 0 Å². The Balaban J connectivity index is 1.97. The molecule has 1 aliphatic heterocycles. The van der Waals surface area contributed by atoms with Crippen LogP contribution < -0.4 is 4.74 Å². The van der Waals surface area contributed by atoms with Crippen LogP contribution in [0.4, 0.5) is 0 Å². The van der Waals surface area contributed by atoms with Crippen molar-refractivity contribution in [1.82, 2.24) is 0 Å². The van der Waals surface area contributed by atoms with Crippen LogP contribution in [0.1, 0.15) is 58.1 Å². The topological polar surface area (TPSA) is 46.5 Å². The molecule has 1 atom stereocenters. The molecule has 0 fully saturated rings. The van der Waals surface area contributed by atoms with Crippen LogP contribution in [0.5, 0.6) is 11.5 Å². The lowest BCUT2D eigenvalue weighted by atomic mass is 9.92. The molecule has 1 aromatic rings. The summed E-state index contributed by atoms with van der Waals surface area (Å²) in [7, 11) is 0. The summed E-state index contributed by atoms with van der Waals surface area (Å²) in [6.45, 7) is 9.83. The lowest BCUT2D eigenvalue weighted by Crippen LogP contribution is -2.31. The number of fused-ring (bicyclic) bond motifs is 1. The molecule has 0 amide bonds. The Morgan fingerprint density at radius 1 is 1.24 bits per heavy atom. The number of ether oxygens (including phenoxy) is 1. The average Bonchev–Trinajstić information content (AvgIpc) is 2.44. The number of phenols is 1. The monoisotopic (exact) mass is 340 g/mol. The highest BCUT2D eigenvalue weighted by Gasteiger charge is 2.28. The molecular weight excluding hydrogens is 312 g/mol. The fourth-order valence-corrected chi connectivity index (χ4v) is 3.04. The molecule has 25 heavy (non-hydrogen) atoms. The molecule has 1 aliphatic rings. The van der Waals surface area contributed by atoms with E-state index in [1.165, 1.54) is 0 Å². The first-order valence-electron chi connectivity index (χ1n) is 8.76. The van der Waals surface area contributed by atoms with E-state index in [-0.39, 0.29) is 11.5 Å². The summed E-state index contributed by atoms with van der Waals surface area (Å²) in [5, 5.41) is 10.0. The molecule has 3 nitrogen and oxygen atoms in total. The maximum absolute atomic E-state index is 11.8. The van der Waals surface area contributed by atoms with Crippen molar-refractivity contribution < 1.29 is 14.6 Å². The number of aryl methyl sites for hydroxylation is 1. The molecule has 1 heterocycles. The van der Waals surface area contributed by atoms with Crippen molar-refractivity contribution in [2.45, 2.75) is 59.5 Å². The molecule has 134 valence electrons. The normalized spacial score (nSPS) is 19.2. The van der Waals surface area contributed by atoms with Gasteiger partial charge in [0.1, 0.15) is 17.1 Å². The van der Waals surface area contributed by atoms with E-state index in [1.807, 2.05) is 45.9 Å². The summed E-state index contributed by atoms with van der Waals surface area (Å²) in [6, 6.07) is 3.70. The first-order chi connectivity index (χ1) is 11.7. The molecule has 0 unspecified atom stereocenters. The molecule has 2 rings (SSSR count). The largest absolute Gasteiger partial charge is 0.507 e. The van der Waals surface area contributed by atoms with Gasteiger partial charge >= 0.3 is 0 Å². The third kappa shape index (κ3) is 5.35. The van der Waals surface area contributed by atoms with E-state index in [2.05, 4.69) is 6.92 Å². The number of carbonyl (C=O) groups is 1. The molecule has 0 radical (unpaired) electrons. The number of hydrogen-bond donors (Lipinski definition) is 1. The van der Waals surface area contributed by atoms with Gasteiger partial charge in [0.15, 0.2) is 5.78 Å². The molecule has 1 N–H and O–H groups in total. The SMILES string of the molecule is CC(C)=CC(=O)/C=C(\C)CCC[C@@]1(C)C=Cc2c(O)cc(C)cc2O1. The van der Waals surface area contributed by atoms with Gasteiger partial charge in [0.25, 0.3) is 0 Å². The standard InChI is InChI=1S/C22H28O3/c1-15(2)11-18(23)12-16(3)7-6-9-22(5)10-8-19-20(24)13-17(4)14-21(19)25-22/h8,10-14,24H,6-7,9H2,1-5H3/b16-12+/t22-/m0/s1. The van der Waals surface area contributed by atoms with E-state index >= 15 is 0 Å². The molecule has 0 spiro atoms. The molecular formula is C22H28O3. The predicted octanol–water partition coefficient (Wildman–Crippen LogP) is 5.52. The van der Waals surface area contributed by atoms with Crippen molar-refractivity contribution >= 4 is 11.9 Å². The van der Waals surface area contributed by atoms with E-state index in [4.69, 9.17) is 4.74 Å². The Labute approximate surface area is 150 Å². The van der Waals surface area contributed by atoms with E-state index < -0.39 is 5.60 Å². The Morgan fingerprint density at radius 2 is 1.96 bits per heavy atom. The fourth-order valence-electron chi connectivity index (χ4n) is 3.04. The van der Waals surface area contributed by atoms with Gasteiger partial charge in [-0.3, -0.25) is 4.79 Å². The van der Waals surface area contributed by atoms with Crippen molar-refractivity contribution in [2.24, 2.45) is 0 Å². The number of hydrogen-bond acceptors (Lipinski definition) is 3. The summed E-state index contributed by atoms with van der Waals surface area (Å²) < 4.78 is 6.15. The predicted molar refractivity (Wildman–Crippen MR) is 103 cm³/mol. The summed E-state index contributed by atoms with van der Waals surface area (Å²) in [5.41, 5.74) is 3.42. The Morgan fingerprint density at radius 3 is 2.64 bits per heavy atom. The maximum atomic E-state index is 11.8. The van der Waals surface area contributed by atoms with Crippen LogP contribution in [0.25, 0.3) is 6.08 Å². The molecule has 0 bridgehead atoms. The second-order valence-electron chi connectivity index (χ2n) is 7.41. The van der Waals surface area contributed by atoms with Crippen LogP contribution in [0.2, 0.25) is 0 Å². The Hall–Kier alpha value is -2.29. The third-order valence-electron chi connectivity index (χ3n) is 4.27. The molecule has 0 aliphatic carbocycles. The average molecular weight is 340 g/mol. The second kappa shape index (κ2) is 7.73. The summed E-state index contributed by atoms with van der Waals surface area (Å²) in [4.78, 5) is 11.8. The van der Waals surface area contributed by atoms with Crippen molar-refractivity contribution in [3.8, 4) is 11.5 Å². The first kappa shape index (κ1) is 19.0. The molecule has 1 aromatic carbocycles. The Bertz CT molecular complexity index is 749. The van der Waals surface area contributed by atoms with Crippen LogP contribution in [0.3, 0.4) is 0 Å². The highest BCUT2D eigenvalue weighted by molar-refractivity contribution is 6.00. The number of benzene rings is 1. The van der Waals surface area contributed by atoms with Crippen molar-refractivity contribution in [1.29, 1.82) is 0 Å². The van der Waals surface area contributed by atoms with Gasteiger partial charge in [0, 0.05) is 0 Å². The number of carbonyl (C=O) groups excluding carboxylic acids is 1. The first-order valence-corrected chi connectivity index (χ1v) is 8.76. The quantitative estimate of drug-likeness (QED) is 0.694. The molecule has 0 saturated carbocycles. The van der Waals surface area contributed by atoms with Crippen LogP contribution in [-0.4, -0.2) is 16.5 Å². The summed E-state index contributed by atoms with van der Waals surface area (Å²) in [6.07, 6.45) is 9.96. The van der Waals surface area contributed by atoms with Gasteiger partial charge in [-0.25, -0.2) is 0 Å². The van der Waals surface area contributed by atoms with Gasteiger partial charge in [0.05, 0.1) is 5.56 Å².